The van der Waals surface area contributed by atoms with Crippen molar-refractivity contribution >= 4 is 11.7 Å². The molecule has 0 aromatic heterocycles. The summed E-state index contributed by atoms with van der Waals surface area (Å²) in [5, 5.41) is 3.06. The van der Waals surface area contributed by atoms with Gasteiger partial charge in [-0.3, -0.25) is 0 Å². The van der Waals surface area contributed by atoms with Crippen LogP contribution in [0.25, 0.3) is 0 Å². The second-order valence-electron chi connectivity index (χ2n) is 4.61. The van der Waals surface area contributed by atoms with Gasteiger partial charge in [-0.05, 0) is 48.9 Å². The van der Waals surface area contributed by atoms with Crippen LogP contribution in [0.4, 0.5) is 10.1 Å². The molecule has 116 valence electrons. The summed E-state index contributed by atoms with van der Waals surface area (Å²) in [7, 11) is 1.58. The zero-order valence-corrected chi connectivity index (χ0v) is 12.5. The Labute approximate surface area is 128 Å². The van der Waals surface area contributed by atoms with Crippen molar-refractivity contribution in [3.63, 3.8) is 0 Å². The van der Waals surface area contributed by atoms with Crippen LogP contribution in [0.3, 0.4) is 0 Å². The minimum absolute atomic E-state index is 0.259. The molecular formula is C17H18FNO3. The number of carbonyl (C=O) groups excluding carboxylic acids is 1. The number of rotatable bonds is 6. The summed E-state index contributed by atoms with van der Waals surface area (Å²) in [6, 6.07) is 12.2. The number of carbonyl (C=O) groups is 1. The lowest BCUT2D eigenvalue weighted by molar-refractivity contribution is -0.144. The molecule has 2 rings (SSSR count). The van der Waals surface area contributed by atoms with E-state index in [-0.39, 0.29) is 6.61 Å². The topological polar surface area (TPSA) is 47.6 Å². The van der Waals surface area contributed by atoms with Gasteiger partial charge in [0.2, 0.25) is 0 Å². The standard InChI is InChI=1S/C17H18FNO3/c1-3-22-17(20)16(12-5-4-6-13(18)11-12)19-14-7-9-15(21-2)10-8-14/h4-11,16,19H,3H2,1-2H3. The first-order valence-electron chi connectivity index (χ1n) is 6.96. The molecule has 1 unspecified atom stereocenters. The lowest BCUT2D eigenvalue weighted by Gasteiger charge is -2.19. The summed E-state index contributed by atoms with van der Waals surface area (Å²) in [4.78, 5) is 12.2. The molecule has 0 heterocycles. The Bertz CT molecular complexity index is 628. The van der Waals surface area contributed by atoms with Crippen molar-refractivity contribution in [3.05, 3.63) is 59.9 Å². The molecule has 0 saturated carbocycles. The number of ether oxygens (including phenoxy) is 2. The van der Waals surface area contributed by atoms with E-state index in [9.17, 15) is 9.18 Å². The van der Waals surface area contributed by atoms with Crippen LogP contribution in [0.2, 0.25) is 0 Å². The maximum absolute atomic E-state index is 13.4. The molecule has 0 aliphatic carbocycles. The number of nitrogens with one attached hydrogen (secondary N) is 1. The van der Waals surface area contributed by atoms with Crippen LogP contribution in [-0.2, 0) is 9.53 Å². The molecule has 4 nitrogen and oxygen atoms in total. The highest BCUT2D eigenvalue weighted by Gasteiger charge is 2.22. The number of esters is 1. The van der Waals surface area contributed by atoms with E-state index in [2.05, 4.69) is 5.32 Å². The molecule has 5 heteroatoms. The first kappa shape index (κ1) is 15.8. The molecule has 0 radical (unpaired) electrons. The Hall–Kier alpha value is -2.56. The van der Waals surface area contributed by atoms with Crippen LogP contribution >= 0.6 is 0 Å². The Kier molecular flexibility index (Phi) is 5.36. The van der Waals surface area contributed by atoms with E-state index in [1.165, 1.54) is 12.1 Å². The van der Waals surface area contributed by atoms with E-state index in [1.54, 1.807) is 50.4 Å². The van der Waals surface area contributed by atoms with E-state index in [0.717, 1.165) is 0 Å². The van der Waals surface area contributed by atoms with Crippen molar-refractivity contribution in [2.24, 2.45) is 0 Å². The minimum atomic E-state index is -0.774. The molecule has 2 aromatic rings. The van der Waals surface area contributed by atoms with E-state index >= 15 is 0 Å². The van der Waals surface area contributed by atoms with Gasteiger partial charge in [0, 0.05) is 5.69 Å². The molecule has 0 saturated heterocycles. The van der Waals surface area contributed by atoms with Crippen LogP contribution in [0.15, 0.2) is 48.5 Å². The molecular weight excluding hydrogens is 285 g/mol. The molecule has 0 aliphatic heterocycles. The van der Waals surface area contributed by atoms with E-state index in [1.807, 2.05) is 0 Å². The second-order valence-corrected chi connectivity index (χ2v) is 4.61. The molecule has 2 aromatic carbocycles. The molecule has 22 heavy (non-hydrogen) atoms. The van der Waals surface area contributed by atoms with Crippen LogP contribution in [-0.4, -0.2) is 19.7 Å². The summed E-state index contributed by atoms with van der Waals surface area (Å²) in [5.41, 5.74) is 1.22. The smallest absolute Gasteiger partial charge is 0.333 e. The monoisotopic (exact) mass is 303 g/mol. The molecule has 0 spiro atoms. The summed E-state index contributed by atoms with van der Waals surface area (Å²) in [6.45, 7) is 1.99. The minimum Gasteiger partial charge on any atom is -0.497 e. The van der Waals surface area contributed by atoms with Gasteiger partial charge in [0.15, 0.2) is 6.04 Å². The number of hydrogen-bond acceptors (Lipinski definition) is 4. The van der Waals surface area contributed by atoms with Gasteiger partial charge in [-0.1, -0.05) is 12.1 Å². The second kappa shape index (κ2) is 7.45. The molecule has 0 bridgehead atoms. The van der Waals surface area contributed by atoms with Crippen LogP contribution in [0, 0.1) is 5.82 Å². The largest absolute Gasteiger partial charge is 0.497 e. The number of methoxy groups -OCH3 is 1. The van der Waals surface area contributed by atoms with Crippen LogP contribution < -0.4 is 10.1 Å². The van der Waals surface area contributed by atoms with E-state index in [0.29, 0.717) is 17.0 Å². The Morgan fingerprint density at radius 1 is 1.23 bits per heavy atom. The SMILES string of the molecule is CCOC(=O)C(Nc1ccc(OC)cc1)c1cccc(F)c1. The third-order valence-corrected chi connectivity index (χ3v) is 3.11. The highest BCUT2D eigenvalue weighted by atomic mass is 19.1. The van der Waals surface area contributed by atoms with Gasteiger partial charge < -0.3 is 14.8 Å². The predicted octanol–water partition coefficient (Wildman–Crippen LogP) is 3.55. The first-order chi connectivity index (χ1) is 10.6. The fraction of sp³-hybridized carbons (Fsp3) is 0.235. The third kappa shape index (κ3) is 3.97. The average molecular weight is 303 g/mol. The fourth-order valence-corrected chi connectivity index (χ4v) is 2.04. The summed E-state index contributed by atoms with van der Waals surface area (Å²) < 4.78 is 23.6. The van der Waals surface area contributed by atoms with E-state index < -0.39 is 17.8 Å². The van der Waals surface area contributed by atoms with Gasteiger partial charge in [-0.15, -0.1) is 0 Å². The maximum Gasteiger partial charge on any atom is 0.333 e. The van der Waals surface area contributed by atoms with Crippen molar-refractivity contribution in [2.75, 3.05) is 19.0 Å². The quantitative estimate of drug-likeness (QED) is 0.829. The van der Waals surface area contributed by atoms with Gasteiger partial charge in [0.1, 0.15) is 11.6 Å². The molecule has 0 amide bonds. The lowest BCUT2D eigenvalue weighted by atomic mass is 10.1. The highest BCUT2D eigenvalue weighted by molar-refractivity contribution is 5.81. The average Bonchev–Trinajstić information content (AvgIpc) is 2.53. The number of anilines is 1. The Morgan fingerprint density at radius 3 is 2.55 bits per heavy atom. The normalized spacial score (nSPS) is 11.6. The van der Waals surface area contributed by atoms with Crippen LogP contribution in [0.5, 0.6) is 5.75 Å². The highest BCUT2D eigenvalue weighted by Crippen LogP contribution is 2.23. The van der Waals surface area contributed by atoms with Crippen molar-refractivity contribution < 1.29 is 18.7 Å². The summed E-state index contributed by atoms with van der Waals surface area (Å²) in [5.74, 6) is -0.142. The summed E-state index contributed by atoms with van der Waals surface area (Å²) >= 11 is 0. The van der Waals surface area contributed by atoms with Crippen molar-refractivity contribution in [1.29, 1.82) is 0 Å². The van der Waals surface area contributed by atoms with Crippen LogP contribution in [0.1, 0.15) is 18.5 Å². The van der Waals surface area contributed by atoms with Gasteiger partial charge in [-0.25, -0.2) is 9.18 Å². The lowest BCUT2D eigenvalue weighted by Crippen LogP contribution is -2.23. The first-order valence-corrected chi connectivity index (χ1v) is 6.96. The zero-order chi connectivity index (χ0) is 15.9. The zero-order valence-electron chi connectivity index (χ0n) is 12.5. The molecule has 1 N–H and O–H groups in total. The van der Waals surface area contributed by atoms with Crippen molar-refractivity contribution in [2.45, 2.75) is 13.0 Å². The number of benzene rings is 2. The number of halogens is 1. The van der Waals surface area contributed by atoms with Gasteiger partial charge in [0.05, 0.1) is 13.7 Å². The summed E-state index contributed by atoms with van der Waals surface area (Å²) in [6.07, 6.45) is 0. The van der Waals surface area contributed by atoms with Gasteiger partial charge in [-0.2, -0.15) is 0 Å². The van der Waals surface area contributed by atoms with Crippen molar-refractivity contribution in [1.82, 2.24) is 0 Å². The van der Waals surface area contributed by atoms with Gasteiger partial charge in [0.25, 0.3) is 0 Å². The molecule has 1 atom stereocenters. The Balaban J connectivity index is 2.25. The van der Waals surface area contributed by atoms with Gasteiger partial charge >= 0.3 is 5.97 Å². The predicted molar refractivity (Wildman–Crippen MR) is 82.4 cm³/mol. The number of hydrogen-bond donors (Lipinski definition) is 1. The maximum atomic E-state index is 13.4. The molecule has 0 aliphatic rings. The third-order valence-electron chi connectivity index (χ3n) is 3.11. The molecule has 0 fully saturated rings. The van der Waals surface area contributed by atoms with E-state index in [4.69, 9.17) is 9.47 Å². The van der Waals surface area contributed by atoms with Crippen molar-refractivity contribution in [3.8, 4) is 5.75 Å². The fourth-order valence-electron chi connectivity index (χ4n) is 2.04. The Morgan fingerprint density at radius 2 is 1.95 bits per heavy atom.